The van der Waals surface area contributed by atoms with Crippen molar-refractivity contribution in [2.24, 2.45) is 68.8 Å². The summed E-state index contributed by atoms with van der Waals surface area (Å²) in [6, 6.07) is -7.54. The summed E-state index contributed by atoms with van der Waals surface area (Å²) < 4.78 is 0. The van der Waals surface area contributed by atoms with Crippen LogP contribution < -0.4 is 98.6 Å². The van der Waals surface area contributed by atoms with Crippen molar-refractivity contribution in [3.63, 3.8) is 0 Å². The van der Waals surface area contributed by atoms with Crippen LogP contribution in [0.25, 0.3) is 0 Å². The molecule has 0 spiro atoms. The van der Waals surface area contributed by atoms with E-state index in [-0.39, 0.29) is 88.6 Å². The molecule has 27 N–H and O–H groups in total. The average Bonchev–Trinajstić information content (AvgIpc) is 0.853. The van der Waals surface area contributed by atoms with Crippen LogP contribution in [-0.2, 0) is 73.5 Å². The van der Waals surface area contributed by atoms with Gasteiger partial charge in [-0.1, -0.05) is 73.9 Å². The van der Waals surface area contributed by atoms with Crippen LogP contribution >= 0.6 is 0 Å². The predicted molar refractivity (Wildman–Crippen MR) is 367 cm³/mol. The molecule has 0 aliphatic carbocycles. The molecular formula is C64H111N19O16. The number of carboxylic acid groups (broad SMARTS) is 1. The highest BCUT2D eigenvalue weighted by Crippen LogP contribution is 2.17. The van der Waals surface area contributed by atoms with Gasteiger partial charge in [0.1, 0.15) is 65.7 Å². The zero-order valence-corrected chi connectivity index (χ0v) is 58.7. The second-order valence-corrected chi connectivity index (χ2v) is 26.2. The molecule has 1 rings (SSSR count). The van der Waals surface area contributed by atoms with Crippen molar-refractivity contribution in [1.82, 2.24) is 58.5 Å². The molecule has 0 aliphatic heterocycles. The topological polar surface area (TPSA) is 606 Å². The Morgan fingerprint density at radius 3 is 1.51 bits per heavy atom. The summed E-state index contributed by atoms with van der Waals surface area (Å²) in [4.78, 5) is 192. The van der Waals surface area contributed by atoms with E-state index in [9.17, 15) is 77.3 Å². The Morgan fingerprint density at radius 1 is 0.515 bits per heavy atom. The van der Waals surface area contributed by atoms with E-state index in [4.69, 9.17) is 40.1 Å². The van der Waals surface area contributed by atoms with Crippen LogP contribution in [0.4, 0.5) is 0 Å². The molecule has 35 heteroatoms. The maximum absolute atomic E-state index is 14.2. The second kappa shape index (κ2) is 44.6. The van der Waals surface area contributed by atoms with Crippen LogP contribution in [0.3, 0.4) is 0 Å². The summed E-state index contributed by atoms with van der Waals surface area (Å²) in [5, 5.41) is 47.9. The molecule has 0 unspecified atom stereocenters. The molecule has 0 bridgehead atoms. The van der Waals surface area contributed by atoms with E-state index >= 15 is 0 Å². The molecule has 13 amide bonds. The molecule has 0 aromatic heterocycles. The first kappa shape index (κ1) is 87.8. The van der Waals surface area contributed by atoms with E-state index in [1.165, 1.54) is 38.1 Å². The van der Waals surface area contributed by atoms with Crippen LogP contribution in [0.5, 0.6) is 5.75 Å². The maximum atomic E-state index is 14.2. The van der Waals surface area contributed by atoms with Gasteiger partial charge in [-0.05, 0) is 133 Å². The lowest BCUT2D eigenvalue weighted by Gasteiger charge is -2.31. The highest BCUT2D eigenvalue weighted by Gasteiger charge is 2.39. The van der Waals surface area contributed by atoms with Crippen molar-refractivity contribution >= 4 is 88.7 Å². The Hall–Kier alpha value is -9.25. The Kier molecular flexibility index (Phi) is 39.6. The third-order valence-electron chi connectivity index (χ3n) is 15.9. The largest absolute Gasteiger partial charge is 0.508 e. The number of carbonyl (C=O) groups is 14. The summed E-state index contributed by atoms with van der Waals surface area (Å²) in [5.74, 6) is -14.7. The number of hydrogen-bond donors (Lipinski definition) is 20. The summed E-state index contributed by atoms with van der Waals surface area (Å²) >= 11 is 0. The van der Waals surface area contributed by atoms with Crippen LogP contribution in [0.1, 0.15) is 158 Å². The highest BCUT2D eigenvalue weighted by atomic mass is 16.4. The smallest absolute Gasteiger partial charge is 0.303 e. The number of phenolic OH excluding ortho intramolecular Hbond substituents is 1. The highest BCUT2D eigenvalue weighted by molar-refractivity contribution is 6.00. The molecule has 1 aromatic rings. The number of unbranched alkanes of at least 4 members (excludes halogenated alkanes) is 1. The number of carbonyl (C=O) groups excluding carboxylic acids is 13. The number of aromatic hydroxyl groups is 1. The van der Waals surface area contributed by atoms with Crippen molar-refractivity contribution in [2.45, 2.75) is 225 Å². The Balaban J connectivity index is 3.36. The van der Waals surface area contributed by atoms with Crippen molar-refractivity contribution in [3.05, 3.63) is 29.8 Å². The number of nitrogens with zero attached hydrogens (tertiary/aromatic N) is 1. The number of nitrogens with two attached hydrogens (primary N) is 7. The molecule has 0 fully saturated rings. The fraction of sp³-hybridized carbons (Fsp3) is 0.672. The minimum atomic E-state index is -1.82. The van der Waals surface area contributed by atoms with Gasteiger partial charge in [-0.15, -0.1) is 0 Å². The molecule has 0 aliphatic rings. The average molecular weight is 1400 g/mol. The van der Waals surface area contributed by atoms with Crippen LogP contribution in [0, 0.1) is 23.7 Å². The van der Waals surface area contributed by atoms with Gasteiger partial charge in [0.05, 0.1) is 12.6 Å². The summed E-state index contributed by atoms with van der Waals surface area (Å²) in [6.07, 6.45) is 0.141. The van der Waals surface area contributed by atoms with E-state index in [1.54, 1.807) is 55.4 Å². The molecule has 558 valence electrons. The zero-order chi connectivity index (χ0) is 75.4. The molecule has 0 radical (unpaired) electrons. The van der Waals surface area contributed by atoms with Gasteiger partial charge in [0.25, 0.3) is 0 Å². The van der Waals surface area contributed by atoms with E-state index in [2.05, 4.69) is 63.5 Å². The lowest BCUT2D eigenvalue weighted by atomic mass is 9.96. The number of rotatable bonds is 48. The molecule has 11 atom stereocenters. The van der Waals surface area contributed by atoms with Crippen molar-refractivity contribution in [2.75, 3.05) is 26.2 Å². The van der Waals surface area contributed by atoms with Gasteiger partial charge in [-0.25, -0.2) is 0 Å². The number of primary amides is 2. The number of nitrogens with one attached hydrogen (secondary N) is 11. The van der Waals surface area contributed by atoms with E-state index in [1.807, 2.05) is 0 Å². The number of amides is 13. The maximum Gasteiger partial charge on any atom is 0.303 e. The SMILES string of the molecule is CC[C@H](C)[C@H](NC(=O)[C@H](CCCCN)NC(=O)[C@H](CCCN)NC(=O)CNC(=O)C(C)(C)NC(=O)[C@@H](NC(=O)[C@H](CCC(=O)O)NC(=O)[C@@H](NC(=O)[C@H](Cc1ccc(O)cc1)NC(=O)[C@@H](N)CCCN=C(N)N)C(C)C)C(C)C)C(=O)N[C@@H](CC(C)C)C(=O)N[C@@H](CCC(N)=O)C(N)=O. The normalized spacial score (nSPS) is 14.7. The fourth-order valence-electron chi connectivity index (χ4n) is 9.84. The Morgan fingerprint density at radius 2 is 0.980 bits per heavy atom. The minimum Gasteiger partial charge on any atom is -0.508 e. The van der Waals surface area contributed by atoms with Crippen molar-refractivity contribution in [3.8, 4) is 5.75 Å². The van der Waals surface area contributed by atoms with E-state index in [0.29, 0.717) is 31.2 Å². The minimum absolute atomic E-state index is 0.0262. The predicted octanol–water partition coefficient (Wildman–Crippen LogP) is -4.42. The Bertz CT molecular complexity index is 2910. The standard InChI is InChI=1S/C64H111N19O16/c1-11-36(8)51(60(97)79-44(30-33(2)3)57(94)75-40(52(69)89)23-25-46(68)85)82-55(92)42(17-12-13-27-65)76-54(91)41(18-14-28-66)74-47(86)32-73-62(99)64(9,10)83-61(98)50(35(6)7)81-56(93)43(24-26-48(87)88)77-59(96)49(34(4)5)80-58(95)45(31-37-19-21-38(84)22-20-37)78-53(90)39(67)16-15-29-72-63(70)71/h19-22,33-36,39-45,49-51,84H,11-18,23-32,65-67H2,1-10H3,(H2,68,85)(H2,69,89)(H,73,99)(H,74,86)(H,75,94)(H,76,91)(H,77,96)(H,78,90)(H,79,97)(H,80,95)(H,81,93)(H,82,92)(H,83,98)(H,87,88)(H4,70,71,72)/t36-,39-,40-,41-,42-,43-,44-,45-,49-,50-,51-/m0/s1. The van der Waals surface area contributed by atoms with Gasteiger partial charge in [-0.2, -0.15) is 0 Å². The summed E-state index contributed by atoms with van der Waals surface area (Å²) in [5.41, 5.74) is 37.9. The van der Waals surface area contributed by atoms with Crippen LogP contribution in [-0.4, -0.2) is 191 Å². The monoisotopic (exact) mass is 1400 g/mol. The second-order valence-electron chi connectivity index (χ2n) is 26.2. The Labute approximate surface area is 578 Å². The number of phenols is 1. The number of benzene rings is 1. The van der Waals surface area contributed by atoms with E-state index in [0.717, 1.165) is 0 Å². The summed E-state index contributed by atoms with van der Waals surface area (Å²) in [6.45, 7) is 15.6. The van der Waals surface area contributed by atoms with E-state index < -0.39 is 186 Å². The van der Waals surface area contributed by atoms with Crippen molar-refractivity contribution < 1.29 is 77.3 Å². The third kappa shape index (κ3) is 33.7. The number of aliphatic imine (C=N–C) groups is 1. The summed E-state index contributed by atoms with van der Waals surface area (Å²) in [7, 11) is 0. The van der Waals surface area contributed by atoms with Gasteiger partial charge >= 0.3 is 5.97 Å². The molecular weight excluding hydrogens is 1290 g/mol. The van der Waals surface area contributed by atoms with Gasteiger partial charge in [-0.3, -0.25) is 72.1 Å². The molecule has 0 saturated heterocycles. The first-order valence-electron chi connectivity index (χ1n) is 33.4. The third-order valence-corrected chi connectivity index (χ3v) is 15.9. The quantitative estimate of drug-likeness (QED) is 0.0166. The molecule has 1 aromatic carbocycles. The number of hydrogen-bond acceptors (Lipinski definition) is 19. The van der Waals surface area contributed by atoms with Gasteiger partial charge in [0, 0.05) is 25.8 Å². The molecule has 0 heterocycles. The molecule has 0 saturated carbocycles. The number of aliphatic carboxylic acids is 1. The van der Waals surface area contributed by atoms with Gasteiger partial charge in [0.15, 0.2) is 5.96 Å². The zero-order valence-electron chi connectivity index (χ0n) is 58.7. The lowest BCUT2D eigenvalue weighted by molar-refractivity contribution is -0.139. The lowest BCUT2D eigenvalue weighted by Crippen LogP contribution is -2.63. The van der Waals surface area contributed by atoms with Crippen LogP contribution in [0.15, 0.2) is 29.3 Å². The fourth-order valence-corrected chi connectivity index (χ4v) is 9.84. The molecule has 99 heavy (non-hydrogen) atoms. The van der Waals surface area contributed by atoms with Crippen LogP contribution in [0.2, 0.25) is 0 Å². The number of carboxylic acids is 1. The van der Waals surface area contributed by atoms with Crippen molar-refractivity contribution in [1.29, 1.82) is 0 Å². The molecule has 35 nitrogen and oxygen atoms in total. The number of guanidine groups is 1. The van der Waals surface area contributed by atoms with Gasteiger partial charge < -0.3 is 109 Å². The first-order valence-corrected chi connectivity index (χ1v) is 33.4. The first-order chi connectivity index (χ1) is 46.3. The van der Waals surface area contributed by atoms with Gasteiger partial charge in [0.2, 0.25) is 76.8 Å².